The topological polar surface area (TPSA) is 133 Å². The third-order valence-corrected chi connectivity index (χ3v) is 6.86. The van der Waals surface area contributed by atoms with Crippen LogP contribution in [0.4, 0.5) is 11.4 Å². The molecule has 0 atom stereocenters. The Labute approximate surface area is 199 Å². The number of anilines is 2. The molecule has 0 fully saturated rings. The minimum absolute atomic E-state index is 0.0313. The van der Waals surface area contributed by atoms with E-state index in [9.17, 15) is 24.3 Å². The van der Waals surface area contributed by atoms with E-state index in [1.807, 2.05) is 67.8 Å². The molecule has 0 heterocycles. The zero-order valence-corrected chi connectivity index (χ0v) is 21.1. The van der Waals surface area contributed by atoms with Gasteiger partial charge in [-0.05, 0) is 67.8 Å². The summed E-state index contributed by atoms with van der Waals surface area (Å²) < 4.78 is 6.09. The molecule has 1 aromatic carbocycles. The van der Waals surface area contributed by atoms with E-state index in [0.29, 0.717) is 28.4 Å². The molecule has 0 aliphatic carbocycles. The molecule has 27 heavy (non-hydrogen) atoms. The average molecular weight is 734 g/mol. The highest BCUT2D eigenvalue weighted by Gasteiger charge is 2.28. The minimum Gasteiger partial charge on any atom is -0.481 e. The first-order chi connectivity index (χ1) is 12.5. The molecular formula is C14H13I3N2O7S. The van der Waals surface area contributed by atoms with Crippen molar-refractivity contribution in [2.24, 2.45) is 0 Å². The molecule has 9 nitrogen and oxygen atoms in total. The maximum atomic E-state index is 12.1. The predicted octanol–water partition coefficient (Wildman–Crippen LogP) is 2.87. The van der Waals surface area contributed by atoms with Crippen molar-refractivity contribution in [3.8, 4) is 0 Å². The summed E-state index contributed by atoms with van der Waals surface area (Å²) in [5.74, 6) is -3.47. The number of halogens is 3. The van der Waals surface area contributed by atoms with Crippen LogP contribution in [0.3, 0.4) is 0 Å². The molecule has 0 saturated carbocycles. The summed E-state index contributed by atoms with van der Waals surface area (Å²) in [7, 11) is 1.51. The number of carbonyl (C=O) groups excluding carboxylic acids is 2. The van der Waals surface area contributed by atoms with Gasteiger partial charge in [0.2, 0.25) is 5.91 Å². The highest BCUT2D eigenvalue weighted by Crippen LogP contribution is 2.40. The van der Waals surface area contributed by atoms with Crippen LogP contribution < -0.4 is 10.2 Å². The van der Waals surface area contributed by atoms with E-state index in [0.717, 1.165) is 0 Å². The number of carboxylic acid groups (broad SMARTS) is 2. The molecule has 0 saturated heterocycles. The lowest BCUT2D eigenvalue weighted by Crippen LogP contribution is -2.27. The molecule has 2 amide bonds. The quantitative estimate of drug-likeness (QED) is 0.211. The maximum Gasteiger partial charge on any atom is 0.338 e. The van der Waals surface area contributed by atoms with Gasteiger partial charge in [-0.1, -0.05) is 0 Å². The summed E-state index contributed by atoms with van der Waals surface area (Å²) in [6, 6.07) is 0. The monoisotopic (exact) mass is 734 g/mol. The van der Waals surface area contributed by atoms with Gasteiger partial charge in [0, 0.05) is 26.0 Å². The second-order valence-electron chi connectivity index (χ2n) is 4.89. The van der Waals surface area contributed by atoms with E-state index in [1.54, 1.807) is 0 Å². The smallest absolute Gasteiger partial charge is 0.338 e. The van der Waals surface area contributed by atoms with Crippen LogP contribution in [0, 0.1) is 10.7 Å². The summed E-state index contributed by atoms with van der Waals surface area (Å²) >= 11 is 6.23. The van der Waals surface area contributed by atoms with Gasteiger partial charge in [0.25, 0.3) is 5.91 Å². The Hall–Kier alpha value is -0.400. The lowest BCUT2D eigenvalue weighted by molar-refractivity contribution is -0.134. The zero-order valence-electron chi connectivity index (χ0n) is 13.8. The van der Waals surface area contributed by atoms with Crippen molar-refractivity contribution in [2.45, 2.75) is 6.92 Å². The van der Waals surface area contributed by atoms with Crippen LogP contribution in [0.1, 0.15) is 17.3 Å². The molecule has 1 aromatic rings. The fourth-order valence-electron chi connectivity index (χ4n) is 1.76. The second-order valence-corrected chi connectivity index (χ2v) is 8.89. The Morgan fingerprint density at radius 3 is 2.19 bits per heavy atom. The van der Waals surface area contributed by atoms with Gasteiger partial charge in [-0.25, -0.2) is 4.79 Å². The van der Waals surface area contributed by atoms with Crippen LogP contribution in [-0.2, 0) is 18.6 Å². The lowest BCUT2D eigenvalue weighted by atomic mass is 10.1. The molecule has 0 aromatic heterocycles. The van der Waals surface area contributed by atoms with Gasteiger partial charge in [-0.2, -0.15) is 0 Å². The molecule has 3 N–H and O–H groups in total. The van der Waals surface area contributed by atoms with E-state index in [2.05, 4.69) is 5.32 Å². The third kappa shape index (κ3) is 6.57. The Kier molecular flexibility index (Phi) is 10.00. The van der Waals surface area contributed by atoms with Crippen LogP contribution in [0.2, 0.25) is 0 Å². The van der Waals surface area contributed by atoms with E-state index < -0.39 is 24.5 Å². The van der Waals surface area contributed by atoms with E-state index in [1.165, 1.54) is 18.9 Å². The number of benzene rings is 1. The standard InChI is InChI=1S/C14H13I3N2O7S/c1-5(20)19(2)13-10(16)8(14(24)25)9(15)12(11(13)17)18-6(21)3-26-27-4-7(22)23/h3-4H2,1-2H3,(H,18,21)(H,22,23)(H,24,25). The van der Waals surface area contributed by atoms with Crippen molar-refractivity contribution in [1.29, 1.82) is 0 Å². The number of aromatic carboxylic acids is 1. The highest BCUT2D eigenvalue weighted by molar-refractivity contribution is 14.1. The van der Waals surface area contributed by atoms with Crippen LogP contribution in [0.5, 0.6) is 0 Å². The minimum atomic E-state index is -1.19. The number of hydrogen-bond donors (Lipinski definition) is 3. The summed E-state index contributed by atoms with van der Waals surface area (Å²) in [6.45, 7) is 0.923. The number of nitrogens with one attached hydrogen (secondary N) is 1. The van der Waals surface area contributed by atoms with Gasteiger partial charge in [0.05, 0.1) is 27.6 Å². The molecule has 13 heteroatoms. The Morgan fingerprint density at radius 2 is 1.70 bits per heavy atom. The van der Waals surface area contributed by atoms with Crippen LogP contribution in [0.25, 0.3) is 0 Å². The number of rotatable bonds is 8. The van der Waals surface area contributed by atoms with Crippen LogP contribution in [-0.4, -0.2) is 53.4 Å². The van der Waals surface area contributed by atoms with Gasteiger partial charge < -0.3 is 24.6 Å². The molecular weight excluding hydrogens is 721 g/mol. The normalized spacial score (nSPS) is 10.4. The van der Waals surface area contributed by atoms with Crippen molar-refractivity contribution in [1.82, 2.24) is 0 Å². The molecule has 0 aliphatic rings. The second kappa shape index (κ2) is 11.0. The molecule has 0 bridgehead atoms. The number of nitrogens with zero attached hydrogens (tertiary/aromatic N) is 1. The number of aliphatic carboxylic acids is 1. The number of carboxylic acids is 2. The van der Waals surface area contributed by atoms with Crippen LogP contribution >= 0.6 is 79.8 Å². The Balaban J connectivity index is 3.26. The van der Waals surface area contributed by atoms with Crippen molar-refractivity contribution in [2.75, 3.05) is 29.6 Å². The fraction of sp³-hybridized carbons (Fsp3) is 0.286. The maximum absolute atomic E-state index is 12.1. The van der Waals surface area contributed by atoms with E-state index >= 15 is 0 Å². The highest BCUT2D eigenvalue weighted by atomic mass is 127. The SMILES string of the molecule is CC(=O)N(C)c1c(I)c(NC(=O)COSCC(=O)O)c(I)c(C(=O)O)c1I. The molecule has 0 unspecified atom stereocenters. The van der Waals surface area contributed by atoms with Crippen LogP contribution in [0.15, 0.2) is 0 Å². The van der Waals surface area contributed by atoms with Crippen molar-refractivity contribution >= 4 is 115 Å². The first kappa shape index (κ1) is 24.6. The number of amides is 2. The zero-order chi connectivity index (χ0) is 20.9. The van der Waals surface area contributed by atoms with Gasteiger partial charge in [-0.3, -0.25) is 14.4 Å². The first-order valence-electron chi connectivity index (χ1n) is 6.93. The fourth-order valence-corrected chi connectivity index (χ4v) is 6.76. The molecule has 0 aliphatic heterocycles. The van der Waals surface area contributed by atoms with Gasteiger partial charge >= 0.3 is 11.9 Å². The van der Waals surface area contributed by atoms with Gasteiger partial charge in [-0.15, -0.1) is 0 Å². The summed E-state index contributed by atoms with van der Waals surface area (Å²) in [5, 5.41) is 20.7. The molecule has 0 spiro atoms. The van der Waals surface area contributed by atoms with E-state index in [4.69, 9.17) is 9.29 Å². The third-order valence-electron chi connectivity index (χ3n) is 3.04. The van der Waals surface area contributed by atoms with Crippen molar-refractivity contribution in [3.05, 3.63) is 16.3 Å². The Bertz CT molecular complexity index is 804. The van der Waals surface area contributed by atoms with Gasteiger partial charge in [0.1, 0.15) is 12.4 Å². The van der Waals surface area contributed by atoms with Gasteiger partial charge in [0.15, 0.2) is 0 Å². The molecule has 148 valence electrons. The lowest BCUT2D eigenvalue weighted by Gasteiger charge is -2.23. The number of carbonyl (C=O) groups is 4. The summed E-state index contributed by atoms with van der Waals surface area (Å²) in [6.07, 6.45) is 0. The largest absolute Gasteiger partial charge is 0.481 e. The summed E-state index contributed by atoms with van der Waals surface area (Å²) in [4.78, 5) is 47.3. The first-order valence-corrected chi connectivity index (χ1v) is 11.1. The van der Waals surface area contributed by atoms with Crippen molar-refractivity contribution in [3.63, 3.8) is 0 Å². The average Bonchev–Trinajstić information content (AvgIpc) is 2.54. The number of hydrogen-bond acceptors (Lipinski definition) is 6. The molecule has 0 radical (unpaired) electrons. The van der Waals surface area contributed by atoms with E-state index in [-0.39, 0.29) is 22.9 Å². The van der Waals surface area contributed by atoms with Crippen molar-refractivity contribution < 1.29 is 33.6 Å². The molecule has 1 rings (SSSR count). The Morgan fingerprint density at radius 1 is 1.11 bits per heavy atom. The summed E-state index contributed by atoms with van der Waals surface area (Å²) in [5.41, 5.74) is 0.586. The predicted molar refractivity (Wildman–Crippen MR) is 125 cm³/mol.